The van der Waals surface area contributed by atoms with Crippen LogP contribution in [0.3, 0.4) is 0 Å². The first-order valence-corrected chi connectivity index (χ1v) is 13.6. The van der Waals surface area contributed by atoms with Crippen molar-refractivity contribution < 1.29 is 19.3 Å². The van der Waals surface area contributed by atoms with Crippen LogP contribution in [0.15, 0.2) is 121 Å². The van der Waals surface area contributed by atoms with Crippen LogP contribution in [-0.4, -0.2) is 47.5 Å². The number of likely N-dealkylation sites (tertiary alicyclic amines) is 1. The normalized spacial score (nSPS) is 21.3. The highest BCUT2D eigenvalue weighted by molar-refractivity contribution is 5.18. The van der Waals surface area contributed by atoms with E-state index in [2.05, 4.69) is 53.4 Å². The molecule has 1 aliphatic rings. The van der Waals surface area contributed by atoms with Crippen molar-refractivity contribution in [3.05, 3.63) is 144 Å². The molecule has 0 bridgehead atoms. The van der Waals surface area contributed by atoms with E-state index in [1.54, 1.807) is 0 Å². The average Bonchev–Trinajstić information content (AvgIpc) is 3.27. The van der Waals surface area contributed by atoms with Crippen LogP contribution >= 0.6 is 0 Å². The summed E-state index contributed by atoms with van der Waals surface area (Å²) in [6.07, 6.45) is -0.612. The Kier molecular flexibility index (Phi) is 9.91. The third kappa shape index (κ3) is 7.41. The monoisotopic (exact) mass is 523 g/mol. The predicted octanol–water partition coefficient (Wildman–Crippen LogP) is 5.62. The van der Waals surface area contributed by atoms with Crippen molar-refractivity contribution >= 4 is 0 Å². The molecule has 1 saturated heterocycles. The molecule has 202 valence electrons. The van der Waals surface area contributed by atoms with Crippen LogP contribution in [0.1, 0.15) is 22.3 Å². The van der Waals surface area contributed by atoms with Crippen molar-refractivity contribution in [2.45, 2.75) is 50.7 Å². The van der Waals surface area contributed by atoms with Crippen LogP contribution in [0.25, 0.3) is 0 Å². The molecule has 1 aliphatic heterocycles. The Labute approximate surface area is 231 Å². The molecule has 5 nitrogen and oxygen atoms in total. The Morgan fingerprint density at radius 3 is 1.38 bits per heavy atom. The molecule has 4 atom stereocenters. The van der Waals surface area contributed by atoms with Gasteiger partial charge in [0.05, 0.1) is 45.1 Å². The van der Waals surface area contributed by atoms with Crippen LogP contribution in [0.5, 0.6) is 0 Å². The largest absolute Gasteiger partial charge is 0.395 e. The highest BCUT2D eigenvalue weighted by Crippen LogP contribution is 2.33. The summed E-state index contributed by atoms with van der Waals surface area (Å²) in [6.45, 7) is 2.52. The highest BCUT2D eigenvalue weighted by Gasteiger charge is 2.50. The zero-order chi connectivity index (χ0) is 26.7. The van der Waals surface area contributed by atoms with E-state index in [4.69, 9.17) is 14.2 Å². The van der Waals surface area contributed by atoms with E-state index in [0.29, 0.717) is 33.0 Å². The van der Waals surface area contributed by atoms with Crippen molar-refractivity contribution in [1.82, 2.24) is 4.90 Å². The number of nitrogens with zero attached hydrogens (tertiary/aromatic N) is 1. The van der Waals surface area contributed by atoms with Crippen LogP contribution in [0.4, 0.5) is 0 Å². The molecule has 0 radical (unpaired) electrons. The van der Waals surface area contributed by atoms with Gasteiger partial charge in [0, 0.05) is 6.54 Å². The van der Waals surface area contributed by atoms with Gasteiger partial charge in [0.15, 0.2) is 0 Å². The number of aliphatic hydroxyl groups excluding tert-OH is 1. The molecular formula is C34H37NO4. The van der Waals surface area contributed by atoms with Gasteiger partial charge < -0.3 is 19.3 Å². The lowest BCUT2D eigenvalue weighted by atomic mass is 10.1. The first-order chi connectivity index (χ1) is 19.3. The van der Waals surface area contributed by atoms with Gasteiger partial charge in [-0.1, -0.05) is 121 Å². The standard InChI is InChI=1S/C34H37NO4/c36-22-31-33(38-24-29-17-9-3-10-18-29)34(39-25-30-19-11-4-12-20-30)32(26-37-23-28-15-7-2-8-16-28)35(31)21-27-13-5-1-6-14-27/h1-20,31-34,36H,21-26H2/t31-,32+,33-,34-/m1/s1. The Bertz CT molecular complexity index is 1220. The van der Waals surface area contributed by atoms with Gasteiger partial charge in [-0.3, -0.25) is 4.90 Å². The molecule has 1 N–H and O–H groups in total. The molecule has 0 unspecified atom stereocenters. The lowest BCUT2D eigenvalue weighted by Gasteiger charge is -2.30. The summed E-state index contributed by atoms with van der Waals surface area (Å²) in [5, 5.41) is 10.7. The summed E-state index contributed by atoms with van der Waals surface area (Å²) < 4.78 is 19.5. The van der Waals surface area contributed by atoms with Crippen molar-refractivity contribution in [3.63, 3.8) is 0 Å². The third-order valence-electron chi connectivity index (χ3n) is 7.30. The van der Waals surface area contributed by atoms with Crippen LogP contribution < -0.4 is 0 Å². The molecule has 0 aliphatic carbocycles. The van der Waals surface area contributed by atoms with Crippen molar-refractivity contribution in [2.75, 3.05) is 13.2 Å². The first kappa shape index (κ1) is 27.3. The quantitative estimate of drug-likeness (QED) is 0.247. The number of benzene rings is 4. The summed E-state index contributed by atoms with van der Waals surface area (Å²) in [5.74, 6) is 0. The summed E-state index contributed by atoms with van der Waals surface area (Å²) >= 11 is 0. The number of aliphatic hydroxyl groups is 1. The second-order valence-electron chi connectivity index (χ2n) is 10.00. The smallest absolute Gasteiger partial charge is 0.103 e. The number of hydrogen-bond acceptors (Lipinski definition) is 5. The second kappa shape index (κ2) is 14.2. The van der Waals surface area contributed by atoms with E-state index in [9.17, 15) is 5.11 Å². The Morgan fingerprint density at radius 1 is 0.513 bits per heavy atom. The molecule has 1 heterocycles. The SMILES string of the molecule is OC[C@@H]1[C@@H](OCc2ccccc2)[C@H](OCc2ccccc2)[C@H](COCc2ccccc2)N1Cc1ccccc1. The predicted molar refractivity (Wildman–Crippen MR) is 153 cm³/mol. The van der Waals surface area contributed by atoms with E-state index in [-0.39, 0.29) is 30.9 Å². The molecule has 5 rings (SSSR count). The third-order valence-corrected chi connectivity index (χ3v) is 7.30. The second-order valence-corrected chi connectivity index (χ2v) is 10.00. The van der Waals surface area contributed by atoms with Gasteiger partial charge in [0.1, 0.15) is 12.2 Å². The Hall–Kier alpha value is -3.32. The molecule has 5 heteroatoms. The van der Waals surface area contributed by atoms with E-state index in [1.165, 1.54) is 5.56 Å². The molecule has 0 aromatic heterocycles. The Morgan fingerprint density at radius 2 is 0.923 bits per heavy atom. The topological polar surface area (TPSA) is 51.2 Å². The summed E-state index contributed by atoms with van der Waals surface area (Å²) in [4.78, 5) is 2.31. The van der Waals surface area contributed by atoms with Crippen molar-refractivity contribution in [3.8, 4) is 0 Å². The van der Waals surface area contributed by atoms with Gasteiger partial charge in [0.25, 0.3) is 0 Å². The van der Waals surface area contributed by atoms with Gasteiger partial charge in [-0.15, -0.1) is 0 Å². The molecule has 1 fully saturated rings. The Balaban J connectivity index is 1.40. The van der Waals surface area contributed by atoms with E-state index >= 15 is 0 Å². The molecule has 4 aromatic carbocycles. The van der Waals surface area contributed by atoms with Crippen LogP contribution in [-0.2, 0) is 40.6 Å². The maximum Gasteiger partial charge on any atom is 0.103 e. The van der Waals surface area contributed by atoms with Gasteiger partial charge in [-0.25, -0.2) is 0 Å². The molecular weight excluding hydrogens is 486 g/mol. The minimum Gasteiger partial charge on any atom is -0.395 e. The molecule has 0 spiro atoms. The van der Waals surface area contributed by atoms with Crippen molar-refractivity contribution in [1.29, 1.82) is 0 Å². The van der Waals surface area contributed by atoms with Crippen LogP contribution in [0.2, 0.25) is 0 Å². The van der Waals surface area contributed by atoms with Crippen LogP contribution in [0, 0.1) is 0 Å². The van der Waals surface area contributed by atoms with E-state index in [1.807, 2.05) is 72.8 Å². The number of ether oxygens (including phenoxy) is 3. The maximum atomic E-state index is 10.7. The fraction of sp³-hybridized carbons (Fsp3) is 0.294. The fourth-order valence-electron chi connectivity index (χ4n) is 5.31. The van der Waals surface area contributed by atoms with E-state index < -0.39 is 0 Å². The number of hydrogen-bond donors (Lipinski definition) is 1. The van der Waals surface area contributed by atoms with E-state index in [0.717, 1.165) is 16.7 Å². The van der Waals surface area contributed by atoms with Gasteiger partial charge in [-0.05, 0) is 22.3 Å². The summed E-state index contributed by atoms with van der Waals surface area (Å²) in [7, 11) is 0. The zero-order valence-corrected chi connectivity index (χ0v) is 22.2. The minimum absolute atomic E-state index is 0.0350. The zero-order valence-electron chi connectivity index (χ0n) is 22.2. The maximum absolute atomic E-state index is 10.7. The van der Waals surface area contributed by atoms with Gasteiger partial charge in [0.2, 0.25) is 0 Å². The molecule has 4 aromatic rings. The lowest BCUT2D eigenvalue weighted by Crippen LogP contribution is -2.43. The fourth-order valence-corrected chi connectivity index (χ4v) is 5.31. The van der Waals surface area contributed by atoms with Gasteiger partial charge in [-0.2, -0.15) is 0 Å². The highest BCUT2D eigenvalue weighted by atomic mass is 16.5. The van der Waals surface area contributed by atoms with Gasteiger partial charge >= 0.3 is 0 Å². The number of rotatable bonds is 13. The molecule has 39 heavy (non-hydrogen) atoms. The lowest BCUT2D eigenvalue weighted by molar-refractivity contribution is -0.0888. The average molecular weight is 524 g/mol. The van der Waals surface area contributed by atoms with Crippen molar-refractivity contribution in [2.24, 2.45) is 0 Å². The molecule has 0 amide bonds. The first-order valence-electron chi connectivity index (χ1n) is 13.6. The summed E-state index contributed by atoms with van der Waals surface area (Å²) in [6, 6.07) is 40.6. The minimum atomic E-state index is -0.326. The molecule has 0 saturated carbocycles. The summed E-state index contributed by atoms with van der Waals surface area (Å²) in [5.41, 5.74) is 4.50.